The number of nitrogens with one attached hydrogen (secondary N) is 2. The van der Waals surface area contributed by atoms with Crippen molar-refractivity contribution in [3.05, 3.63) is 80.0 Å². The van der Waals surface area contributed by atoms with Gasteiger partial charge in [0.15, 0.2) is 0 Å². The van der Waals surface area contributed by atoms with E-state index in [9.17, 15) is 18.5 Å². The average Bonchev–Trinajstić information content (AvgIpc) is 3.17. The summed E-state index contributed by atoms with van der Waals surface area (Å²) in [7, 11) is -4.00. The molecule has 1 aromatic heterocycles. The van der Waals surface area contributed by atoms with Crippen LogP contribution in [0, 0.1) is 24.0 Å². The van der Waals surface area contributed by atoms with E-state index in [-0.39, 0.29) is 10.6 Å². The second-order valence-electron chi connectivity index (χ2n) is 6.25. The Balaban J connectivity index is 1.87. The topological polar surface area (TPSA) is 114 Å². The molecule has 29 heavy (non-hydrogen) atoms. The lowest BCUT2D eigenvalue weighted by molar-refractivity contribution is -0.384. The second-order valence-corrected chi connectivity index (χ2v) is 8.91. The summed E-state index contributed by atoms with van der Waals surface area (Å²) in [5, 5.41) is 17.3. The van der Waals surface area contributed by atoms with Crippen molar-refractivity contribution in [3.8, 4) is 0 Å². The highest BCUT2D eigenvalue weighted by Crippen LogP contribution is 2.29. The molecule has 0 aliphatic carbocycles. The lowest BCUT2D eigenvalue weighted by Gasteiger charge is -2.12. The first-order valence-electron chi connectivity index (χ1n) is 8.47. The maximum atomic E-state index is 12.7. The fraction of sp³-hybridized carbons (Fsp3) is 0.105. The molecule has 150 valence electrons. The van der Waals surface area contributed by atoms with Gasteiger partial charge in [-0.3, -0.25) is 20.3 Å². The van der Waals surface area contributed by atoms with Crippen molar-refractivity contribution in [3.63, 3.8) is 0 Å². The van der Waals surface area contributed by atoms with E-state index in [2.05, 4.69) is 15.2 Å². The number of nitrogens with zero attached hydrogens (tertiary/aromatic N) is 2. The van der Waals surface area contributed by atoms with Crippen LogP contribution in [0.25, 0.3) is 0 Å². The molecule has 2 N–H and O–H groups in total. The van der Waals surface area contributed by atoms with E-state index in [1.165, 1.54) is 29.7 Å². The van der Waals surface area contributed by atoms with Gasteiger partial charge in [-0.15, -0.1) is 11.3 Å². The van der Waals surface area contributed by atoms with Crippen molar-refractivity contribution in [2.75, 3.05) is 10.1 Å². The van der Waals surface area contributed by atoms with Crippen molar-refractivity contribution < 1.29 is 13.3 Å². The molecule has 0 aliphatic heterocycles. The molecule has 0 radical (unpaired) electrons. The number of hydrazone groups is 1. The molecule has 0 spiro atoms. The lowest BCUT2D eigenvalue weighted by atomic mass is 10.1. The molecule has 0 atom stereocenters. The molecule has 0 amide bonds. The first kappa shape index (κ1) is 20.5. The molecule has 2 aromatic carbocycles. The van der Waals surface area contributed by atoms with E-state index in [1.54, 1.807) is 19.1 Å². The number of hydrogen-bond donors (Lipinski definition) is 2. The summed E-state index contributed by atoms with van der Waals surface area (Å²) in [6.07, 6.45) is 1.53. The van der Waals surface area contributed by atoms with E-state index in [0.29, 0.717) is 5.69 Å². The third kappa shape index (κ3) is 4.98. The number of sulfonamides is 1. The standard InChI is InChI=1S/C19H18N4O4S2/c1-13-5-7-17(14(2)10-13)22-29(26,27)16-6-8-18(19(11-16)23(24)25)21-20-12-15-4-3-9-28-15/h3-12,21-22H,1-2H3/b20-12-. The van der Waals surface area contributed by atoms with Gasteiger partial charge in [0.25, 0.3) is 15.7 Å². The summed E-state index contributed by atoms with van der Waals surface area (Å²) >= 11 is 1.47. The van der Waals surface area contributed by atoms with E-state index in [4.69, 9.17) is 0 Å². The monoisotopic (exact) mass is 430 g/mol. The number of anilines is 2. The molecule has 0 aliphatic rings. The number of hydrogen-bond acceptors (Lipinski definition) is 7. The highest BCUT2D eigenvalue weighted by molar-refractivity contribution is 7.92. The van der Waals surface area contributed by atoms with E-state index in [1.807, 2.05) is 30.5 Å². The lowest BCUT2D eigenvalue weighted by Crippen LogP contribution is -2.14. The number of rotatable bonds is 7. The van der Waals surface area contributed by atoms with Crippen LogP contribution in [-0.2, 0) is 10.0 Å². The van der Waals surface area contributed by atoms with Gasteiger partial charge in [0.1, 0.15) is 5.69 Å². The number of nitro benzene ring substituents is 1. The van der Waals surface area contributed by atoms with Gasteiger partial charge in [-0.05, 0) is 49.1 Å². The number of thiophene rings is 1. The van der Waals surface area contributed by atoms with Crippen LogP contribution in [-0.4, -0.2) is 19.6 Å². The zero-order valence-corrected chi connectivity index (χ0v) is 17.3. The largest absolute Gasteiger partial charge is 0.295 e. The third-order valence-corrected chi connectivity index (χ3v) is 6.19. The summed E-state index contributed by atoms with van der Waals surface area (Å²) < 4.78 is 27.9. The zero-order valence-electron chi connectivity index (χ0n) is 15.6. The fourth-order valence-electron chi connectivity index (χ4n) is 2.59. The molecule has 0 saturated carbocycles. The Labute approximate surface area is 172 Å². The minimum absolute atomic E-state index is 0.0910. The van der Waals surface area contributed by atoms with Crippen LogP contribution >= 0.6 is 11.3 Å². The van der Waals surface area contributed by atoms with Gasteiger partial charge in [-0.25, -0.2) is 8.42 Å². The highest BCUT2D eigenvalue weighted by Gasteiger charge is 2.22. The Kier molecular flexibility index (Phi) is 5.95. The van der Waals surface area contributed by atoms with Crippen molar-refractivity contribution in [2.24, 2.45) is 5.10 Å². The van der Waals surface area contributed by atoms with Gasteiger partial charge in [0.05, 0.1) is 21.7 Å². The fourth-order valence-corrected chi connectivity index (χ4v) is 4.32. The molecule has 10 heteroatoms. The molecule has 8 nitrogen and oxygen atoms in total. The molecule has 0 saturated heterocycles. The quantitative estimate of drug-likeness (QED) is 0.325. The van der Waals surface area contributed by atoms with Gasteiger partial charge in [0, 0.05) is 10.9 Å². The van der Waals surface area contributed by atoms with E-state index < -0.39 is 20.6 Å². The van der Waals surface area contributed by atoms with Gasteiger partial charge in [0.2, 0.25) is 0 Å². The maximum absolute atomic E-state index is 12.7. The van der Waals surface area contributed by atoms with Crippen LogP contribution < -0.4 is 10.1 Å². The van der Waals surface area contributed by atoms with Crippen molar-refractivity contribution in [1.82, 2.24) is 0 Å². The molecule has 0 unspecified atom stereocenters. The number of benzene rings is 2. The van der Waals surface area contributed by atoms with Crippen LogP contribution in [0.5, 0.6) is 0 Å². The summed E-state index contributed by atoms with van der Waals surface area (Å²) in [4.78, 5) is 11.5. The maximum Gasteiger partial charge on any atom is 0.295 e. The first-order chi connectivity index (χ1) is 13.8. The van der Waals surface area contributed by atoms with Gasteiger partial charge in [-0.2, -0.15) is 5.10 Å². The summed E-state index contributed by atoms with van der Waals surface area (Å²) in [6.45, 7) is 3.69. The van der Waals surface area contributed by atoms with Crippen LogP contribution in [0.15, 0.2) is 63.9 Å². The van der Waals surface area contributed by atoms with Crippen molar-refractivity contribution in [1.29, 1.82) is 0 Å². The summed E-state index contributed by atoms with van der Waals surface area (Å²) in [5.74, 6) is 0. The number of aryl methyl sites for hydroxylation is 2. The Bertz CT molecular complexity index is 1170. The Morgan fingerprint density at radius 2 is 1.86 bits per heavy atom. The van der Waals surface area contributed by atoms with Crippen LogP contribution in [0.4, 0.5) is 17.1 Å². The molecular weight excluding hydrogens is 412 g/mol. The second kappa shape index (κ2) is 8.41. The summed E-state index contributed by atoms with van der Waals surface area (Å²) in [6, 6.07) is 12.6. The van der Waals surface area contributed by atoms with Gasteiger partial charge in [-0.1, -0.05) is 23.8 Å². The Morgan fingerprint density at radius 1 is 1.10 bits per heavy atom. The predicted molar refractivity (Wildman–Crippen MR) is 115 cm³/mol. The van der Waals surface area contributed by atoms with Crippen LogP contribution in [0.1, 0.15) is 16.0 Å². The molecule has 1 heterocycles. The molecule has 3 rings (SSSR count). The van der Waals surface area contributed by atoms with Crippen molar-refractivity contribution in [2.45, 2.75) is 18.7 Å². The Hall–Kier alpha value is -3.24. The first-order valence-corrected chi connectivity index (χ1v) is 10.8. The SMILES string of the molecule is Cc1ccc(NS(=O)(=O)c2ccc(N/N=C\c3cccs3)c([N+](=O)[O-])c2)c(C)c1. The molecular formula is C19H18N4O4S2. The van der Waals surface area contributed by atoms with Crippen LogP contribution in [0.2, 0.25) is 0 Å². The molecule has 3 aromatic rings. The van der Waals surface area contributed by atoms with Gasteiger partial charge < -0.3 is 0 Å². The van der Waals surface area contributed by atoms with Gasteiger partial charge >= 0.3 is 0 Å². The van der Waals surface area contributed by atoms with Crippen LogP contribution in [0.3, 0.4) is 0 Å². The smallest absolute Gasteiger partial charge is 0.279 e. The molecule has 0 bridgehead atoms. The molecule has 0 fully saturated rings. The number of nitro groups is 1. The van der Waals surface area contributed by atoms with Crippen molar-refractivity contribution >= 4 is 44.6 Å². The van der Waals surface area contributed by atoms with E-state index >= 15 is 0 Å². The minimum atomic E-state index is -4.00. The highest BCUT2D eigenvalue weighted by atomic mass is 32.2. The summed E-state index contributed by atoms with van der Waals surface area (Å²) in [5.41, 5.74) is 4.47. The minimum Gasteiger partial charge on any atom is -0.279 e. The zero-order chi connectivity index (χ0) is 21.0. The third-order valence-electron chi connectivity index (χ3n) is 4.02. The Morgan fingerprint density at radius 3 is 2.52 bits per heavy atom. The predicted octanol–water partition coefficient (Wildman–Crippen LogP) is 4.52. The normalized spacial score (nSPS) is 11.5. The average molecular weight is 431 g/mol. The van der Waals surface area contributed by atoms with E-state index in [0.717, 1.165) is 22.1 Å².